The minimum Gasteiger partial charge on any atom is -0.324 e. The van der Waals surface area contributed by atoms with Gasteiger partial charge in [0.05, 0.1) is 11.7 Å². The first-order chi connectivity index (χ1) is 13.5. The molecule has 2 heterocycles. The van der Waals surface area contributed by atoms with Crippen LogP contribution in [0.3, 0.4) is 0 Å². The fourth-order valence-electron chi connectivity index (χ4n) is 2.96. The molecular formula is C21H16ClN3O2S. The molecule has 140 valence electrons. The number of hydrogen-bond donors (Lipinski definition) is 1. The summed E-state index contributed by atoms with van der Waals surface area (Å²) in [6.07, 6.45) is 1.43. The molecule has 0 saturated heterocycles. The van der Waals surface area contributed by atoms with Gasteiger partial charge in [0.15, 0.2) is 0 Å². The van der Waals surface area contributed by atoms with Crippen LogP contribution in [-0.2, 0) is 4.79 Å². The number of benzene rings is 2. The SMILES string of the molecule is C[C@@H](C(=O)Nc1ccc(Cl)cc1)n1cnc2scc(-c3ccccc3)c2c1=O. The smallest absolute Gasteiger partial charge is 0.263 e. The van der Waals surface area contributed by atoms with E-state index in [0.717, 1.165) is 11.1 Å². The molecule has 0 saturated carbocycles. The maximum absolute atomic E-state index is 13.2. The van der Waals surface area contributed by atoms with Crippen LogP contribution >= 0.6 is 22.9 Å². The zero-order chi connectivity index (χ0) is 19.7. The van der Waals surface area contributed by atoms with Crippen LogP contribution < -0.4 is 10.9 Å². The van der Waals surface area contributed by atoms with Gasteiger partial charge >= 0.3 is 0 Å². The summed E-state index contributed by atoms with van der Waals surface area (Å²) >= 11 is 7.29. The van der Waals surface area contributed by atoms with E-state index in [1.54, 1.807) is 31.2 Å². The largest absolute Gasteiger partial charge is 0.324 e. The molecule has 1 atom stereocenters. The van der Waals surface area contributed by atoms with Crippen molar-refractivity contribution < 1.29 is 4.79 Å². The molecule has 4 rings (SSSR count). The number of carbonyl (C=O) groups is 1. The predicted octanol–water partition coefficient (Wildman–Crippen LogP) is 4.98. The molecule has 5 nitrogen and oxygen atoms in total. The number of rotatable bonds is 4. The summed E-state index contributed by atoms with van der Waals surface area (Å²) in [5.74, 6) is -0.304. The average Bonchev–Trinajstić information content (AvgIpc) is 3.15. The van der Waals surface area contributed by atoms with Crippen LogP contribution in [0.2, 0.25) is 5.02 Å². The Kier molecular flexibility index (Phi) is 4.98. The summed E-state index contributed by atoms with van der Waals surface area (Å²) in [6.45, 7) is 1.68. The van der Waals surface area contributed by atoms with Gasteiger partial charge in [-0.2, -0.15) is 0 Å². The van der Waals surface area contributed by atoms with Crippen LogP contribution in [0.15, 0.2) is 71.1 Å². The second kappa shape index (κ2) is 7.58. The van der Waals surface area contributed by atoms with E-state index in [0.29, 0.717) is 20.9 Å². The van der Waals surface area contributed by atoms with Crippen molar-refractivity contribution in [3.63, 3.8) is 0 Å². The minimum atomic E-state index is -0.719. The highest BCUT2D eigenvalue weighted by molar-refractivity contribution is 7.17. The number of fused-ring (bicyclic) bond motifs is 1. The minimum absolute atomic E-state index is 0.233. The van der Waals surface area contributed by atoms with Crippen molar-refractivity contribution in [3.05, 3.63) is 81.7 Å². The molecule has 2 aromatic carbocycles. The Labute approximate surface area is 170 Å². The number of thiophene rings is 1. The summed E-state index contributed by atoms with van der Waals surface area (Å²) in [6, 6.07) is 15.8. The van der Waals surface area contributed by atoms with Gasteiger partial charge in [-0.05, 0) is 36.8 Å². The lowest BCUT2D eigenvalue weighted by Gasteiger charge is -2.15. The van der Waals surface area contributed by atoms with Crippen LogP contribution in [0.1, 0.15) is 13.0 Å². The van der Waals surface area contributed by atoms with Crippen molar-refractivity contribution in [2.75, 3.05) is 5.32 Å². The Balaban J connectivity index is 1.70. The normalized spacial score (nSPS) is 12.1. The first-order valence-corrected chi connectivity index (χ1v) is 9.90. The Morgan fingerprint density at radius 1 is 1.14 bits per heavy atom. The number of halogens is 1. The number of hydrogen-bond acceptors (Lipinski definition) is 4. The molecule has 0 radical (unpaired) electrons. The standard InChI is InChI=1S/C21H16ClN3O2S/c1-13(19(26)24-16-9-7-15(22)8-10-16)25-12-23-20-18(21(25)27)17(11-28-20)14-5-3-2-4-6-14/h2-13H,1H3,(H,24,26)/t13-/m0/s1. The van der Waals surface area contributed by atoms with Gasteiger partial charge in [0, 0.05) is 21.7 Å². The molecule has 0 aliphatic rings. The van der Waals surface area contributed by atoms with Gasteiger partial charge < -0.3 is 5.32 Å². The summed E-state index contributed by atoms with van der Waals surface area (Å²) in [4.78, 5) is 30.9. The van der Waals surface area contributed by atoms with E-state index in [4.69, 9.17) is 11.6 Å². The van der Waals surface area contributed by atoms with Crippen LogP contribution in [0.25, 0.3) is 21.3 Å². The highest BCUT2D eigenvalue weighted by Crippen LogP contribution is 2.30. The molecule has 0 aliphatic carbocycles. The van der Waals surface area contributed by atoms with E-state index in [-0.39, 0.29) is 11.5 Å². The average molecular weight is 410 g/mol. The van der Waals surface area contributed by atoms with E-state index in [9.17, 15) is 9.59 Å². The fourth-order valence-corrected chi connectivity index (χ4v) is 3.99. The van der Waals surface area contributed by atoms with Crippen LogP contribution in [0, 0.1) is 0 Å². The maximum atomic E-state index is 13.2. The molecule has 0 spiro atoms. The molecule has 1 N–H and O–H groups in total. The lowest BCUT2D eigenvalue weighted by Crippen LogP contribution is -2.31. The lowest BCUT2D eigenvalue weighted by molar-refractivity contribution is -0.118. The van der Waals surface area contributed by atoms with Gasteiger partial charge in [0.25, 0.3) is 5.56 Å². The Bertz CT molecular complexity index is 1200. The Morgan fingerprint density at radius 3 is 2.57 bits per heavy atom. The third-order valence-corrected chi connectivity index (χ3v) is 5.65. The van der Waals surface area contributed by atoms with Crippen molar-refractivity contribution in [2.24, 2.45) is 0 Å². The topological polar surface area (TPSA) is 64.0 Å². The molecule has 0 bridgehead atoms. The van der Waals surface area contributed by atoms with Crippen molar-refractivity contribution in [1.29, 1.82) is 0 Å². The number of amides is 1. The molecule has 0 aliphatic heterocycles. The number of aromatic nitrogens is 2. The molecule has 7 heteroatoms. The van der Waals surface area contributed by atoms with E-state index in [1.165, 1.54) is 22.2 Å². The first kappa shape index (κ1) is 18.4. The predicted molar refractivity (Wildman–Crippen MR) is 114 cm³/mol. The second-order valence-electron chi connectivity index (χ2n) is 6.32. The highest BCUT2D eigenvalue weighted by Gasteiger charge is 2.20. The number of carbonyl (C=O) groups excluding carboxylic acids is 1. The van der Waals surface area contributed by atoms with E-state index < -0.39 is 6.04 Å². The second-order valence-corrected chi connectivity index (χ2v) is 7.62. The quantitative estimate of drug-likeness (QED) is 0.517. The van der Waals surface area contributed by atoms with Crippen molar-refractivity contribution >= 4 is 44.7 Å². The van der Waals surface area contributed by atoms with Gasteiger partial charge in [-0.25, -0.2) is 4.98 Å². The van der Waals surface area contributed by atoms with E-state index in [2.05, 4.69) is 10.3 Å². The molecule has 0 unspecified atom stereocenters. The van der Waals surface area contributed by atoms with Crippen molar-refractivity contribution in [3.8, 4) is 11.1 Å². The third kappa shape index (κ3) is 3.44. The number of anilines is 1. The summed E-state index contributed by atoms with van der Waals surface area (Å²) in [7, 11) is 0. The molecule has 1 amide bonds. The van der Waals surface area contributed by atoms with E-state index >= 15 is 0 Å². The van der Waals surface area contributed by atoms with Gasteiger partial charge in [-0.1, -0.05) is 41.9 Å². The summed E-state index contributed by atoms with van der Waals surface area (Å²) < 4.78 is 1.37. The zero-order valence-electron chi connectivity index (χ0n) is 14.9. The highest BCUT2D eigenvalue weighted by atomic mass is 35.5. The van der Waals surface area contributed by atoms with Gasteiger partial charge in [-0.3, -0.25) is 14.2 Å². The van der Waals surface area contributed by atoms with Crippen molar-refractivity contribution in [1.82, 2.24) is 9.55 Å². The van der Waals surface area contributed by atoms with Gasteiger partial charge in [0.1, 0.15) is 10.9 Å². The third-order valence-electron chi connectivity index (χ3n) is 4.51. The molecule has 28 heavy (non-hydrogen) atoms. The Hall–Kier alpha value is -2.96. The first-order valence-electron chi connectivity index (χ1n) is 8.65. The summed E-state index contributed by atoms with van der Waals surface area (Å²) in [5, 5.41) is 5.85. The zero-order valence-corrected chi connectivity index (χ0v) is 16.5. The van der Waals surface area contributed by atoms with Crippen LogP contribution in [0.5, 0.6) is 0 Å². The molecular weight excluding hydrogens is 394 g/mol. The fraction of sp³-hybridized carbons (Fsp3) is 0.0952. The molecule has 2 aromatic heterocycles. The molecule has 4 aromatic rings. The van der Waals surface area contributed by atoms with Crippen LogP contribution in [-0.4, -0.2) is 15.5 Å². The van der Waals surface area contributed by atoms with Crippen molar-refractivity contribution in [2.45, 2.75) is 13.0 Å². The number of nitrogens with zero attached hydrogens (tertiary/aromatic N) is 2. The number of nitrogens with one attached hydrogen (secondary N) is 1. The van der Waals surface area contributed by atoms with Gasteiger partial charge in [0.2, 0.25) is 5.91 Å². The summed E-state index contributed by atoms with van der Waals surface area (Å²) in [5.41, 5.74) is 2.16. The Morgan fingerprint density at radius 2 is 1.86 bits per heavy atom. The van der Waals surface area contributed by atoms with Crippen LogP contribution in [0.4, 0.5) is 5.69 Å². The monoisotopic (exact) mass is 409 g/mol. The van der Waals surface area contributed by atoms with E-state index in [1.807, 2.05) is 35.7 Å². The lowest BCUT2D eigenvalue weighted by atomic mass is 10.1. The van der Waals surface area contributed by atoms with Gasteiger partial charge in [-0.15, -0.1) is 11.3 Å². The maximum Gasteiger partial charge on any atom is 0.263 e. The molecule has 0 fully saturated rings.